The first-order valence-electron chi connectivity index (χ1n) is 6.54. The Morgan fingerprint density at radius 1 is 0.842 bits per heavy atom. The van der Waals surface area contributed by atoms with E-state index in [-0.39, 0.29) is 12.4 Å². The third kappa shape index (κ3) is 5.06. The smallest absolute Gasteiger partial charge is 0.0233 e. The highest BCUT2D eigenvalue weighted by Crippen LogP contribution is 2.10. The molecule has 0 fully saturated rings. The second kappa shape index (κ2) is 7.98. The maximum Gasteiger partial charge on any atom is 0.0233 e. The van der Waals surface area contributed by atoms with Gasteiger partial charge in [0.25, 0.3) is 0 Å². The number of benzene rings is 2. The van der Waals surface area contributed by atoms with Crippen molar-refractivity contribution in [3.05, 3.63) is 71.8 Å². The Morgan fingerprint density at radius 2 is 1.32 bits per heavy atom. The lowest BCUT2D eigenvalue weighted by atomic mass is 10.1. The van der Waals surface area contributed by atoms with Gasteiger partial charge < -0.3 is 0 Å². The van der Waals surface area contributed by atoms with Crippen LogP contribution in [0.15, 0.2) is 60.7 Å². The van der Waals surface area contributed by atoms with Gasteiger partial charge in [-0.1, -0.05) is 60.7 Å². The van der Waals surface area contributed by atoms with Crippen LogP contribution in [-0.4, -0.2) is 18.0 Å². The molecule has 0 N–H and O–H groups in total. The van der Waals surface area contributed by atoms with Crippen molar-refractivity contribution >= 4 is 12.4 Å². The normalized spacial score (nSPS) is 11.9. The van der Waals surface area contributed by atoms with Gasteiger partial charge in [-0.3, -0.25) is 4.90 Å². The van der Waals surface area contributed by atoms with Crippen molar-refractivity contribution in [2.45, 2.75) is 25.9 Å². The first-order valence-corrected chi connectivity index (χ1v) is 6.54. The molecule has 0 aliphatic carbocycles. The quantitative estimate of drug-likeness (QED) is 0.792. The monoisotopic (exact) mass is 275 g/mol. The largest absolute Gasteiger partial charge is 0.299 e. The van der Waals surface area contributed by atoms with Crippen LogP contribution in [0.25, 0.3) is 0 Å². The second-order valence-electron chi connectivity index (χ2n) is 4.94. The van der Waals surface area contributed by atoms with E-state index >= 15 is 0 Å². The van der Waals surface area contributed by atoms with Crippen LogP contribution in [0.5, 0.6) is 0 Å². The molecular weight excluding hydrogens is 254 g/mol. The Balaban J connectivity index is 0.00000180. The molecule has 0 amide bonds. The zero-order valence-corrected chi connectivity index (χ0v) is 12.4. The molecule has 0 aliphatic rings. The van der Waals surface area contributed by atoms with Crippen LogP contribution in [0.4, 0.5) is 0 Å². The molecule has 1 atom stereocenters. The van der Waals surface area contributed by atoms with Gasteiger partial charge >= 0.3 is 0 Å². The SMILES string of the molecule is CC(Cc1ccccc1)N(C)Cc1ccccc1.Cl. The molecule has 0 saturated heterocycles. The van der Waals surface area contributed by atoms with Crippen LogP contribution in [0.2, 0.25) is 0 Å². The average molecular weight is 276 g/mol. The van der Waals surface area contributed by atoms with Gasteiger partial charge in [0.15, 0.2) is 0 Å². The van der Waals surface area contributed by atoms with Gasteiger partial charge in [-0.15, -0.1) is 12.4 Å². The molecule has 0 spiro atoms. The molecule has 0 saturated carbocycles. The fourth-order valence-electron chi connectivity index (χ4n) is 2.14. The Kier molecular flexibility index (Phi) is 6.61. The lowest BCUT2D eigenvalue weighted by molar-refractivity contribution is 0.248. The van der Waals surface area contributed by atoms with Crippen molar-refractivity contribution in [2.24, 2.45) is 0 Å². The Hall–Kier alpha value is -1.31. The molecular formula is C17H22ClN. The van der Waals surface area contributed by atoms with Crippen LogP contribution in [-0.2, 0) is 13.0 Å². The summed E-state index contributed by atoms with van der Waals surface area (Å²) in [4.78, 5) is 2.41. The molecule has 2 aromatic carbocycles. The average Bonchev–Trinajstić information content (AvgIpc) is 2.41. The van der Waals surface area contributed by atoms with Crippen molar-refractivity contribution in [1.82, 2.24) is 4.90 Å². The maximum atomic E-state index is 2.41. The molecule has 2 aromatic rings. The van der Waals surface area contributed by atoms with Crippen LogP contribution in [0, 0.1) is 0 Å². The minimum Gasteiger partial charge on any atom is -0.299 e. The lowest BCUT2D eigenvalue weighted by Gasteiger charge is -2.24. The third-order valence-electron chi connectivity index (χ3n) is 3.40. The van der Waals surface area contributed by atoms with Crippen molar-refractivity contribution < 1.29 is 0 Å². The lowest BCUT2D eigenvalue weighted by Crippen LogP contribution is -2.30. The summed E-state index contributed by atoms with van der Waals surface area (Å²) in [5, 5.41) is 0. The number of hydrogen-bond donors (Lipinski definition) is 0. The van der Waals surface area contributed by atoms with E-state index in [0.717, 1.165) is 13.0 Å². The summed E-state index contributed by atoms with van der Waals surface area (Å²) < 4.78 is 0. The molecule has 2 heteroatoms. The molecule has 1 unspecified atom stereocenters. The number of halogens is 1. The molecule has 0 aliphatic heterocycles. The fourth-order valence-corrected chi connectivity index (χ4v) is 2.14. The van der Waals surface area contributed by atoms with Gasteiger partial charge in [-0.25, -0.2) is 0 Å². The van der Waals surface area contributed by atoms with E-state index in [4.69, 9.17) is 0 Å². The first-order chi connectivity index (χ1) is 8.75. The summed E-state index contributed by atoms with van der Waals surface area (Å²) >= 11 is 0. The van der Waals surface area contributed by atoms with E-state index in [1.807, 2.05) is 0 Å². The summed E-state index contributed by atoms with van der Waals surface area (Å²) in [7, 11) is 2.20. The highest BCUT2D eigenvalue weighted by molar-refractivity contribution is 5.85. The zero-order chi connectivity index (χ0) is 12.8. The highest BCUT2D eigenvalue weighted by atomic mass is 35.5. The molecule has 0 aromatic heterocycles. The summed E-state index contributed by atoms with van der Waals surface area (Å²) in [6.45, 7) is 3.30. The van der Waals surface area contributed by atoms with Gasteiger partial charge in [0.1, 0.15) is 0 Å². The van der Waals surface area contributed by atoms with Gasteiger partial charge in [0, 0.05) is 12.6 Å². The number of likely N-dealkylation sites (N-methyl/N-ethyl adjacent to an activating group) is 1. The maximum absolute atomic E-state index is 2.41. The minimum atomic E-state index is 0. The summed E-state index contributed by atoms with van der Waals surface area (Å²) in [6, 6.07) is 21.9. The van der Waals surface area contributed by atoms with Gasteiger partial charge in [-0.2, -0.15) is 0 Å². The third-order valence-corrected chi connectivity index (χ3v) is 3.40. The van der Waals surface area contributed by atoms with Crippen LogP contribution in [0.3, 0.4) is 0 Å². The predicted molar refractivity (Wildman–Crippen MR) is 84.8 cm³/mol. The molecule has 2 rings (SSSR count). The van der Waals surface area contributed by atoms with Crippen molar-refractivity contribution in [3.8, 4) is 0 Å². The van der Waals surface area contributed by atoms with E-state index in [0.29, 0.717) is 6.04 Å². The number of nitrogens with zero attached hydrogens (tertiary/aromatic N) is 1. The molecule has 1 nitrogen and oxygen atoms in total. The van der Waals surface area contributed by atoms with Crippen LogP contribution >= 0.6 is 12.4 Å². The van der Waals surface area contributed by atoms with E-state index in [2.05, 4.69) is 79.5 Å². The Bertz CT molecular complexity index is 410. The zero-order valence-electron chi connectivity index (χ0n) is 11.6. The Morgan fingerprint density at radius 3 is 1.84 bits per heavy atom. The summed E-state index contributed by atoms with van der Waals surface area (Å²) in [5.41, 5.74) is 2.78. The topological polar surface area (TPSA) is 3.24 Å². The van der Waals surface area contributed by atoms with E-state index in [9.17, 15) is 0 Å². The van der Waals surface area contributed by atoms with E-state index < -0.39 is 0 Å². The summed E-state index contributed by atoms with van der Waals surface area (Å²) in [6.07, 6.45) is 1.10. The van der Waals surface area contributed by atoms with Crippen molar-refractivity contribution in [3.63, 3.8) is 0 Å². The van der Waals surface area contributed by atoms with E-state index in [1.54, 1.807) is 0 Å². The molecule has 0 bridgehead atoms. The van der Waals surface area contributed by atoms with E-state index in [1.165, 1.54) is 11.1 Å². The van der Waals surface area contributed by atoms with Gasteiger partial charge in [-0.05, 0) is 31.5 Å². The second-order valence-corrected chi connectivity index (χ2v) is 4.94. The van der Waals surface area contributed by atoms with Crippen molar-refractivity contribution in [1.29, 1.82) is 0 Å². The first kappa shape index (κ1) is 15.7. The molecule has 0 heterocycles. The fraction of sp³-hybridized carbons (Fsp3) is 0.294. The van der Waals surface area contributed by atoms with Gasteiger partial charge in [0.2, 0.25) is 0 Å². The van der Waals surface area contributed by atoms with Crippen LogP contribution < -0.4 is 0 Å². The standard InChI is InChI=1S/C17H21N.ClH/c1-15(13-16-9-5-3-6-10-16)18(2)14-17-11-7-4-8-12-17;/h3-12,15H,13-14H2,1-2H3;1H. The molecule has 0 radical (unpaired) electrons. The van der Waals surface area contributed by atoms with Crippen LogP contribution in [0.1, 0.15) is 18.1 Å². The summed E-state index contributed by atoms with van der Waals surface area (Å²) in [5.74, 6) is 0. The minimum absolute atomic E-state index is 0. The van der Waals surface area contributed by atoms with Gasteiger partial charge in [0.05, 0.1) is 0 Å². The molecule has 102 valence electrons. The Labute approximate surface area is 122 Å². The predicted octanol–water partition coefficient (Wildman–Crippen LogP) is 4.17. The van der Waals surface area contributed by atoms with Crippen molar-refractivity contribution in [2.75, 3.05) is 7.05 Å². The number of hydrogen-bond acceptors (Lipinski definition) is 1. The number of rotatable bonds is 5. The molecule has 19 heavy (non-hydrogen) atoms. The highest BCUT2D eigenvalue weighted by Gasteiger charge is 2.09.